The average molecular weight is 405 g/mol. The van der Waals surface area contributed by atoms with Crippen molar-refractivity contribution in [1.29, 1.82) is 5.26 Å². The van der Waals surface area contributed by atoms with Crippen molar-refractivity contribution in [2.75, 3.05) is 0 Å². The Kier molecular flexibility index (Phi) is 5.14. The molecule has 0 radical (unpaired) electrons. The Labute approximate surface area is 160 Å². The summed E-state index contributed by atoms with van der Waals surface area (Å²) in [5.74, 6) is 0.147. The van der Waals surface area contributed by atoms with Gasteiger partial charge in [-0.25, -0.2) is 4.98 Å². The van der Waals surface area contributed by atoms with Crippen molar-refractivity contribution < 1.29 is 12.6 Å². The maximum absolute atomic E-state index is 12.3. The van der Waals surface area contributed by atoms with Gasteiger partial charge in [-0.1, -0.05) is 47.5 Å². The largest absolute Gasteiger partial charge is 0.379 e. The lowest BCUT2D eigenvalue weighted by atomic mass is 10.0. The van der Waals surface area contributed by atoms with Gasteiger partial charge in [-0.3, -0.25) is 0 Å². The SMILES string of the molecule is N#Cc1ccc(-c2ccc(OS(=O)(=O)c3cnc(Cl)c(Cl)c3)cc2)cc1. The van der Waals surface area contributed by atoms with Crippen LogP contribution in [0, 0.1) is 11.3 Å². The number of aromatic nitrogens is 1. The highest BCUT2D eigenvalue weighted by atomic mass is 35.5. The Morgan fingerprint density at radius 1 is 0.962 bits per heavy atom. The van der Waals surface area contributed by atoms with Crippen LogP contribution in [0.2, 0.25) is 10.2 Å². The van der Waals surface area contributed by atoms with Gasteiger partial charge in [0, 0.05) is 0 Å². The summed E-state index contributed by atoms with van der Waals surface area (Å²) in [6.07, 6.45) is 1.08. The molecule has 0 aliphatic heterocycles. The molecule has 3 aromatic rings. The van der Waals surface area contributed by atoms with Gasteiger partial charge < -0.3 is 4.18 Å². The highest BCUT2D eigenvalue weighted by Gasteiger charge is 2.19. The first kappa shape index (κ1) is 18.2. The number of hydrogen-bond acceptors (Lipinski definition) is 5. The molecular weight excluding hydrogens is 395 g/mol. The molecule has 0 amide bonds. The predicted molar refractivity (Wildman–Crippen MR) is 98.7 cm³/mol. The fourth-order valence-corrected chi connectivity index (χ4v) is 3.39. The number of hydrogen-bond donors (Lipinski definition) is 0. The van der Waals surface area contributed by atoms with Crippen LogP contribution in [0.5, 0.6) is 5.75 Å². The van der Waals surface area contributed by atoms with Crippen LogP contribution < -0.4 is 4.18 Å². The topological polar surface area (TPSA) is 80.0 Å². The van der Waals surface area contributed by atoms with Gasteiger partial charge in [-0.05, 0) is 41.5 Å². The highest BCUT2D eigenvalue weighted by Crippen LogP contribution is 2.27. The van der Waals surface area contributed by atoms with Gasteiger partial charge in [-0.15, -0.1) is 0 Å². The van der Waals surface area contributed by atoms with E-state index in [4.69, 9.17) is 32.6 Å². The lowest BCUT2D eigenvalue weighted by Crippen LogP contribution is -2.10. The van der Waals surface area contributed by atoms with Crippen molar-refractivity contribution in [2.45, 2.75) is 4.90 Å². The van der Waals surface area contributed by atoms with E-state index in [-0.39, 0.29) is 20.8 Å². The molecule has 2 aromatic carbocycles. The van der Waals surface area contributed by atoms with E-state index in [1.54, 1.807) is 24.3 Å². The van der Waals surface area contributed by atoms with Gasteiger partial charge in [-0.2, -0.15) is 13.7 Å². The monoisotopic (exact) mass is 404 g/mol. The maximum atomic E-state index is 12.3. The summed E-state index contributed by atoms with van der Waals surface area (Å²) >= 11 is 11.5. The molecule has 1 heterocycles. The smallest absolute Gasteiger partial charge is 0.340 e. The van der Waals surface area contributed by atoms with E-state index in [0.717, 1.165) is 17.3 Å². The number of benzene rings is 2. The fourth-order valence-electron chi connectivity index (χ4n) is 2.16. The molecule has 130 valence electrons. The van der Waals surface area contributed by atoms with Crippen LogP contribution in [-0.2, 0) is 10.1 Å². The first-order valence-corrected chi connectivity index (χ1v) is 9.41. The first-order chi connectivity index (χ1) is 12.4. The van der Waals surface area contributed by atoms with Gasteiger partial charge >= 0.3 is 10.1 Å². The number of nitrogens with zero attached hydrogens (tertiary/aromatic N) is 2. The normalized spacial score (nSPS) is 11.0. The van der Waals surface area contributed by atoms with Gasteiger partial charge in [0.2, 0.25) is 0 Å². The molecule has 0 atom stereocenters. The lowest BCUT2D eigenvalue weighted by molar-refractivity contribution is 0.486. The third-order valence-corrected chi connectivity index (χ3v) is 5.37. The van der Waals surface area contributed by atoms with Crippen LogP contribution in [0.1, 0.15) is 5.56 Å². The molecule has 0 bridgehead atoms. The van der Waals surface area contributed by atoms with Crippen LogP contribution in [0.15, 0.2) is 65.7 Å². The van der Waals surface area contributed by atoms with Gasteiger partial charge in [0.1, 0.15) is 15.8 Å². The van der Waals surface area contributed by atoms with Crippen LogP contribution >= 0.6 is 23.2 Å². The molecule has 1 aromatic heterocycles. The van der Waals surface area contributed by atoms with Crippen molar-refractivity contribution in [3.8, 4) is 22.9 Å². The summed E-state index contributed by atoms with van der Waals surface area (Å²) in [4.78, 5) is 3.51. The van der Waals surface area contributed by atoms with E-state index >= 15 is 0 Å². The Bertz CT molecular complexity index is 1090. The number of rotatable bonds is 4. The van der Waals surface area contributed by atoms with E-state index in [2.05, 4.69) is 11.1 Å². The van der Waals surface area contributed by atoms with E-state index in [1.165, 1.54) is 18.2 Å². The van der Waals surface area contributed by atoms with Crippen molar-refractivity contribution in [1.82, 2.24) is 4.98 Å². The maximum Gasteiger partial charge on any atom is 0.340 e. The molecule has 26 heavy (non-hydrogen) atoms. The van der Waals surface area contributed by atoms with Crippen LogP contribution in [-0.4, -0.2) is 13.4 Å². The molecule has 0 aliphatic rings. The molecule has 0 saturated carbocycles. The Morgan fingerprint density at radius 3 is 2.08 bits per heavy atom. The number of pyridine rings is 1. The van der Waals surface area contributed by atoms with E-state index in [1.807, 2.05) is 12.1 Å². The van der Waals surface area contributed by atoms with Crippen LogP contribution in [0.25, 0.3) is 11.1 Å². The Morgan fingerprint density at radius 2 is 1.54 bits per heavy atom. The van der Waals surface area contributed by atoms with Gasteiger partial charge in [0.25, 0.3) is 0 Å². The summed E-state index contributed by atoms with van der Waals surface area (Å²) in [6.45, 7) is 0. The molecule has 0 unspecified atom stereocenters. The first-order valence-electron chi connectivity index (χ1n) is 7.25. The molecule has 5 nitrogen and oxygen atoms in total. The number of nitriles is 1. The second-order valence-corrected chi connectivity index (χ2v) is 7.51. The van der Waals surface area contributed by atoms with Crippen molar-refractivity contribution >= 4 is 33.3 Å². The van der Waals surface area contributed by atoms with E-state index in [9.17, 15) is 8.42 Å². The Hall–Kier alpha value is -2.59. The predicted octanol–water partition coefficient (Wildman–Crippen LogP) is 4.69. The minimum Gasteiger partial charge on any atom is -0.379 e. The minimum absolute atomic E-state index is 0.0115. The van der Waals surface area contributed by atoms with Gasteiger partial charge in [0.05, 0.1) is 22.9 Å². The summed E-state index contributed by atoms with van der Waals surface area (Å²) < 4.78 is 29.7. The molecule has 0 spiro atoms. The molecular formula is C18H10Cl2N2O3S. The van der Waals surface area contributed by atoms with Crippen LogP contribution in [0.3, 0.4) is 0 Å². The molecule has 8 heteroatoms. The third-order valence-electron chi connectivity index (χ3n) is 3.47. The van der Waals surface area contributed by atoms with Crippen molar-refractivity contribution in [3.05, 3.63) is 76.5 Å². The molecule has 3 rings (SSSR count). The van der Waals surface area contributed by atoms with Gasteiger partial charge in [0.15, 0.2) is 0 Å². The molecule has 0 aliphatic carbocycles. The zero-order valence-electron chi connectivity index (χ0n) is 13.1. The molecule has 0 saturated heterocycles. The lowest BCUT2D eigenvalue weighted by Gasteiger charge is -2.08. The minimum atomic E-state index is -4.08. The van der Waals surface area contributed by atoms with E-state index in [0.29, 0.717) is 5.56 Å². The van der Waals surface area contributed by atoms with Crippen LogP contribution in [0.4, 0.5) is 0 Å². The zero-order chi connectivity index (χ0) is 18.7. The van der Waals surface area contributed by atoms with Crippen molar-refractivity contribution in [2.24, 2.45) is 0 Å². The molecule has 0 N–H and O–H groups in total. The highest BCUT2D eigenvalue weighted by molar-refractivity contribution is 7.87. The average Bonchev–Trinajstić information content (AvgIpc) is 2.64. The summed E-state index contributed by atoms with van der Waals surface area (Å²) in [5, 5.41) is 8.86. The third kappa shape index (κ3) is 3.97. The van der Waals surface area contributed by atoms with Crippen molar-refractivity contribution in [3.63, 3.8) is 0 Å². The second-order valence-electron chi connectivity index (χ2n) is 5.19. The van der Waals surface area contributed by atoms with E-state index < -0.39 is 10.1 Å². The standard InChI is InChI=1S/C18H10Cl2N2O3S/c19-17-9-16(11-22-18(17)20)26(23,24)25-15-7-5-14(6-8-15)13-3-1-12(10-21)2-4-13/h1-9,11H. The number of halogens is 2. The zero-order valence-corrected chi connectivity index (χ0v) is 15.4. The summed E-state index contributed by atoms with van der Waals surface area (Å²) in [6, 6.07) is 16.8. The summed E-state index contributed by atoms with van der Waals surface area (Å²) in [7, 11) is -4.08. The molecule has 0 fully saturated rings. The Balaban J connectivity index is 1.82. The second kappa shape index (κ2) is 7.34. The summed E-state index contributed by atoms with van der Waals surface area (Å²) in [5.41, 5.74) is 2.32. The fraction of sp³-hybridized carbons (Fsp3) is 0. The quantitative estimate of drug-likeness (QED) is 0.465.